The van der Waals surface area contributed by atoms with Gasteiger partial charge in [-0.1, -0.05) is 26.0 Å². The first-order chi connectivity index (χ1) is 8.47. The van der Waals surface area contributed by atoms with Gasteiger partial charge in [-0.3, -0.25) is 4.79 Å². The van der Waals surface area contributed by atoms with Crippen molar-refractivity contribution in [3.8, 4) is 5.75 Å². The third kappa shape index (κ3) is 5.68. The lowest BCUT2D eigenvalue weighted by Gasteiger charge is -2.11. The highest BCUT2D eigenvalue weighted by atomic mass is 16.5. The fourth-order valence-electron chi connectivity index (χ4n) is 1.65. The van der Waals surface area contributed by atoms with E-state index in [9.17, 15) is 9.90 Å². The minimum atomic E-state index is -1.03. The number of hydrogen-bond donors (Lipinski definition) is 2. The minimum absolute atomic E-state index is 0.00414. The van der Waals surface area contributed by atoms with Gasteiger partial charge in [0, 0.05) is 0 Å². The van der Waals surface area contributed by atoms with Crippen LogP contribution in [0.25, 0.3) is 0 Å². The second kappa shape index (κ2) is 7.01. The van der Waals surface area contributed by atoms with Gasteiger partial charge in [-0.25, -0.2) is 0 Å². The predicted octanol–water partition coefficient (Wildman–Crippen LogP) is 2.10. The molecule has 2 N–H and O–H groups in total. The van der Waals surface area contributed by atoms with Gasteiger partial charge in [-0.05, 0) is 30.0 Å². The largest absolute Gasteiger partial charge is 0.491 e. The molecule has 0 aliphatic rings. The predicted molar refractivity (Wildman–Crippen MR) is 68.7 cm³/mol. The van der Waals surface area contributed by atoms with Crippen molar-refractivity contribution in [1.82, 2.24) is 0 Å². The van der Waals surface area contributed by atoms with E-state index in [1.807, 2.05) is 24.3 Å². The molecule has 0 heterocycles. The maximum atomic E-state index is 10.4. The number of hydrogen-bond acceptors (Lipinski definition) is 3. The van der Waals surface area contributed by atoms with Gasteiger partial charge in [0.1, 0.15) is 12.4 Å². The number of ether oxygens (including phenoxy) is 1. The first-order valence-electron chi connectivity index (χ1n) is 6.09. The van der Waals surface area contributed by atoms with Crippen LogP contribution in [0.4, 0.5) is 0 Å². The SMILES string of the molecule is CC(C)Cc1ccc(OC[C@@H](O)CC(=O)O)cc1. The smallest absolute Gasteiger partial charge is 0.306 e. The molecule has 100 valence electrons. The van der Waals surface area contributed by atoms with Crippen LogP contribution in [0, 0.1) is 5.92 Å². The van der Waals surface area contributed by atoms with Crippen LogP contribution in [0.5, 0.6) is 5.75 Å². The Bertz CT molecular complexity index is 370. The van der Waals surface area contributed by atoms with Crippen LogP contribution in [-0.4, -0.2) is 28.9 Å². The van der Waals surface area contributed by atoms with E-state index in [2.05, 4.69) is 13.8 Å². The van der Waals surface area contributed by atoms with Crippen molar-refractivity contribution in [2.24, 2.45) is 5.92 Å². The summed E-state index contributed by atoms with van der Waals surface area (Å²) in [5.41, 5.74) is 1.24. The van der Waals surface area contributed by atoms with Gasteiger partial charge in [0.2, 0.25) is 0 Å². The van der Waals surface area contributed by atoms with Crippen molar-refractivity contribution in [3.63, 3.8) is 0 Å². The number of benzene rings is 1. The summed E-state index contributed by atoms with van der Waals surface area (Å²) in [7, 11) is 0. The summed E-state index contributed by atoms with van der Waals surface area (Å²) < 4.78 is 5.32. The molecule has 0 aromatic heterocycles. The molecule has 0 bridgehead atoms. The summed E-state index contributed by atoms with van der Waals surface area (Å²) in [6.45, 7) is 4.31. The molecule has 1 atom stereocenters. The van der Waals surface area contributed by atoms with Gasteiger partial charge in [-0.15, -0.1) is 0 Å². The molecule has 0 spiro atoms. The quantitative estimate of drug-likeness (QED) is 0.780. The molecule has 0 fully saturated rings. The monoisotopic (exact) mass is 252 g/mol. The molecule has 0 saturated heterocycles. The Morgan fingerprint density at radius 2 is 1.89 bits per heavy atom. The Labute approximate surface area is 107 Å². The molecule has 0 saturated carbocycles. The Morgan fingerprint density at radius 3 is 2.39 bits per heavy atom. The summed E-state index contributed by atoms with van der Waals surface area (Å²) >= 11 is 0. The average molecular weight is 252 g/mol. The lowest BCUT2D eigenvalue weighted by atomic mass is 10.0. The van der Waals surface area contributed by atoms with Gasteiger partial charge >= 0.3 is 5.97 Å². The van der Waals surface area contributed by atoms with E-state index in [4.69, 9.17) is 9.84 Å². The second-order valence-electron chi connectivity index (χ2n) is 4.80. The number of aliphatic hydroxyl groups is 1. The maximum Gasteiger partial charge on any atom is 0.306 e. The number of carbonyl (C=O) groups is 1. The standard InChI is InChI=1S/C14H20O4/c1-10(2)7-11-3-5-13(6-4-11)18-9-12(15)8-14(16)17/h3-6,10,12,15H,7-9H2,1-2H3,(H,16,17)/t12-/m0/s1. The number of rotatable bonds is 7. The third-order valence-electron chi connectivity index (χ3n) is 2.42. The van der Waals surface area contributed by atoms with Crippen LogP contribution < -0.4 is 4.74 Å². The second-order valence-corrected chi connectivity index (χ2v) is 4.80. The van der Waals surface area contributed by atoms with Crippen molar-refractivity contribution < 1.29 is 19.7 Å². The van der Waals surface area contributed by atoms with Crippen molar-refractivity contribution in [3.05, 3.63) is 29.8 Å². The fraction of sp³-hybridized carbons (Fsp3) is 0.500. The third-order valence-corrected chi connectivity index (χ3v) is 2.42. The number of carboxylic acids is 1. The highest BCUT2D eigenvalue weighted by Gasteiger charge is 2.10. The van der Waals surface area contributed by atoms with E-state index < -0.39 is 12.1 Å². The van der Waals surface area contributed by atoms with Crippen LogP contribution in [-0.2, 0) is 11.2 Å². The van der Waals surface area contributed by atoms with E-state index in [1.165, 1.54) is 5.56 Å². The summed E-state index contributed by atoms with van der Waals surface area (Å²) in [5, 5.41) is 17.8. The van der Waals surface area contributed by atoms with Crippen LogP contribution in [0.2, 0.25) is 0 Å². The normalized spacial score (nSPS) is 12.4. The Balaban J connectivity index is 2.41. The number of aliphatic hydroxyl groups excluding tert-OH is 1. The van der Waals surface area contributed by atoms with Gasteiger partial charge in [0.05, 0.1) is 12.5 Å². The van der Waals surface area contributed by atoms with E-state index in [0.29, 0.717) is 11.7 Å². The maximum absolute atomic E-state index is 10.4. The summed E-state index contributed by atoms with van der Waals surface area (Å²) in [6.07, 6.45) is -0.259. The van der Waals surface area contributed by atoms with E-state index >= 15 is 0 Å². The lowest BCUT2D eigenvalue weighted by molar-refractivity contribution is -0.139. The number of aliphatic carboxylic acids is 1. The van der Waals surface area contributed by atoms with Gasteiger partial charge in [-0.2, -0.15) is 0 Å². The van der Waals surface area contributed by atoms with E-state index in [-0.39, 0.29) is 13.0 Å². The van der Waals surface area contributed by atoms with Gasteiger partial charge in [0.15, 0.2) is 0 Å². The van der Waals surface area contributed by atoms with Gasteiger partial charge < -0.3 is 14.9 Å². The molecule has 4 nitrogen and oxygen atoms in total. The molecule has 0 aliphatic heterocycles. The fourth-order valence-corrected chi connectivity index (χ4v) is 1.65. The lowest BCUT2D eigenvalue weighted by Crippen LogP contribution is -2.21. The van der Waals surface area contributed by atoms with E-state index in [1.54, 1.807) is 0 Å². The molecule has 4 heteroatoms. The van der Waals surface area contributed by atoms with Crippen LogP contribution in [0.3, 0.4) is 0 Å². The molecule has 0 unspecified atom stereocenters. The Kier molecular flexibility index (Phi) is 5.65. The van der Waals surface area contributed by atoms with Crippen molar-refractivity contribution in [2.75, 3.05) is 6.61 Å². The number of carboxylic acid groups (broad SMARTS) is 1. The van der Waals surface area contributed by atoms with Crippen molar-refractivity contribution >= 4 is 5.97 Å². The average Bonchev–Trinajstić information content (AvgIpc) is 2.26. The van der Waals surface area contributed by atoms with Crippen molar-refractivity contribution in [1.29, 1.82) is 0 Å². The molecule has 0 radical (unpaired) electrons. The molecule has 0 amide bonds. The molecule has 1 rings (SSSR count). The summed E-state index contributed by atoms with van der Waals surface area (Å²) in [5.74, 6) is 0.222. The highest BCUT2D eigenvalue weighted by Crippen LogP contribution is 2.15. The van der Waals surface area contributed by atoms with Crippen LogP contribution in [0.15, 0.2) is 24.3 Å². The summed E-state index contributed by atoms with van der Waals surface area (Å²) in [6, 6.07) is 7.65. The van der Waals surface area contributed by atoms with E-state index in [0.717, 1.165) is 6.42 Å². The Morgan fingerprint density at radius 1 is 1.28 bits per heavy atom. The molecular weight excluding hydrogens is 232 g/mol. The van der Waals surface area contributed by atoms with Crippen molar-refractivity contribution in [2.45, 2.75) is 32.8 Å². The zero-order chi connectivity index (χ0) is 13.5. The molecule has 1 aromatic carbocycles. The molecule has 1 aromatic rings. The summed E-state index contributed by atoms with van der Waals surface area (Å²) in [4.78, 5) is 10.4. The first kappa shape index (κ1) is 14.5. The zero-order valence-corrected chi connectivity index (χ0v) is 10.8. The topological polar surface area (TPSA) is 66.8 Å². The molecular formula is C14H20O4. The first-order valence-corrected chi connectivity index (χ1v) is 6.09. The highest BCUT2D eigenvalue weighted by molar-refractivity contribution is 5.67. The van der Waals surface area contributed by atoms with Crippen LogP contribution >= 0.6 is 0 Å². The minimum Gasteiger partial charge on any atom is -0.491 e. The van der Waals surface area contributed by atoms with Gasteiger partial charge in [0.25, 0.3) is 0 Å². The van der Waals surface area contributed by atoms with Crippen LogP contribution in [0.1, 0.15) is 25.8 Å². The molecule has 0 aliphatic carbocycles. The Hall–Kier alpha value is -1.55. The zero-order valence-electron chi connectivity index (χ0n) is 10.8. The molecule has 18 heavy (non-hydrogen) atoms.